The van der Waals surface area contributed by atoms with Crippen LogP contribution in [0.1, 0.15) is 291 Å². The molecule has 4 aliphatic carbocycles. The van der Waals surface area contributed by atoms with Crippen molar-refractivity contribution in [1.82, 2.24) is 15.1 Å². The molecule has 20 heteroatoms. The normalized spacial score (nSPS) is 23.0. The smallest absolute Gasteiger partial charge is 0.246 e. The number of aromatic hydroxyl groups is 1. The van der Waals surface area contributed by atoms with Crippen molar-refractivity contribution in [2.75, 3.05) is 39.0 Å². The van der Waals surface area contributed by atoms with Gasteiger partial charge in [0.25, 0.3) is 0 Å². The number of nitrogens with one attached hydrogen (secondary N) is 3. The second-order valence-corrected chi connectivity index (χ2v) is 40.8. The fourth-order valence-corrected chi connectivity index (χ4v) is 19.4. The van der Waals surface area contributed by atoms with Gasteiger partial charge in [0.1, 0.15) is 17.3 Å². The number of rotatable bonds is 23. The Labute approximate surface area is 714 Å². The molecule has 8 aliphatic rings. The minimum absolute atomic E-state index is 0.00721. The summed E-state index contributed by atoms with van der Waals surface area (Å²) in [6.45, 7) is 62.0. The van der Waals surface area contributed by atoms with Crippen molar-refractivity contribution in [3.8, 4) is 5.75 Å². The van der Waals surface area contributed by atoms with Gasteiger partial charge in [0.05, 0.1) is 45.1 Å². The first-order chi connectivity index (χ1) is 55.2. The number of nitrogens with zero attached hydrogens (tertiary/aromatic N) is 6. The number of ketones is 2. The number of unbranched alkanes of at least 4 members (excludes halogenated alkanes) is 1. The highest BCUT2D eigenvalue weighted by molar-refractivity contribution is 7.98. The fourth-order valence-electron chi connectivity index (χ4n) is 19.0. The number of aliphatic imine (C=N–C) groups is 2. The second-order valence-electron chi connectivity index (χ2n) is 39.8. The van der Waals surface area contributed by atoms with Crippen LogP contribution in [0.5, 0.6) is 5.75 Å². The number of amides is 5. The average Bonchev–Trinajstić information content (AvgIpc) is 1.70. The molecule has 644 valence electrons. The maximum atomic E-state index is 14.8. The van der Waals surface area contributed by atoms with Crippen LogP contribution in [-0.2, 0) is 61.6 Å². The van der Waals surface area contributed by atoms with Crippen LogP contribution in [0.25, 0.3) is 11.1 Å². The lowest BCUT2D eigenvalue weighted by Gasteiger charge is -2.34. The molecule has 0 bridgehead atoms. The number of likely N-dealkylation sites (tertiary alicyclic amines) is 2. The Kier molecular flexibility index (Phi) is 26.7. The summed E-state index contributed by atoms with van der Waals surface area (Å²) in [5.74, 6) is -1.25. The number of allylic oxidation sites excluding steroid dienone is 12. The van der Waals surface area contributed by atoms with Crippen molar-refractivity contribution >= 4 is 98.2 Å². The van der Waals surface area contributed by atoms with Gasteiger partial charge in [-0.15, -0.1) is 0 Å². The highest BCUT2D eigenvalue weighted by Crippen LogP contribution is 2.57. The standard InChI is InChI=1S/C53H72N4O5S.C46H65N5O5/c1-28(2)56-30(5)52(13,14)35-24-33(39(26-41(35)56)54-43(58)19-18-32-22-37(50(7,8)9)47(60)38(23-32)51(10,11)12)45-48(61)46(49(45)62)34-25-36-42(27-40(34)55-44(59)20-21-63-17)57(29(3)4)31(6)53(36,15)16;1-14-16-17-30(15-2)24-47-39(53)18-19-40(54)49-36-23-38-34(46(12,13)28(8)51(38)26(5)6)21-32(36)42-43(55)41(44(42)56)31-20-33-37(22-35(31)48-29(9)52)50(25(3)4)27(7)45(33,10)11/h22-31,60-61H,18-21H2,1-17H3,(H,55,59);20-23,25-28,30,55H,14-19,24H2,1-13H3,(H,47,53)(H,48,52). The van der Waals surface area contributed by atoms with Crippen LogP contribution in [0, 0.1) is 16.7 Å². The summed E-state index contributed by atoms with van der Waals surface area (Å²) >= 11 is 1.59. The zero-order valence-electron chi connectivity index (χ0n) is 77.0. The van der Waals surface area contributed by atoms with Gasteiger partial charge in [-0.05, 0) is 206 Å². The highest BCUT2D eigenvalue weighted by atomic mass is 32.2. The van der Waals surface area contributed by atoms with E-state index in [0.29, 0.717) is 76.2 Å². The number of carbonyl (C=O) groups is 7. The lowest BCUT2D eigenvalue weighted by Crippen LogP contribution is -2.42. The van der Waals surface area contributed by atoms with Gasteiger partial charge in [0.2, 0.25) is 41.1 Å². The predicted molar refractivity (Wildman–Crippen MR) is 489 cm³/mol. The van der Waals surface area contributed by atoms with E-state index in [0.717, 1.165) is 87.4 Å². The number of thioether (sulfide) groups is 1. The SMILES string of the molecule is CCCCC(CC)CNC(=O)CCC(=O)N=C1C=C2C(=CC1=C1C(=O)C(c3cc4c(cc3NC(C)=O)N(C(C)C)C(C)C4(C)C)=C1O)C(C)(C)C(C)N2C(C)C.CSCCC(=O)Nc1cc2c(cc1C1=C(O)C(=C3C=C4C(=CC3=NC(=O)CCc3cc(C(C)(C)C)c(O)c(C(C)(C)C)c3)N(C(C)C)C(C)C4(C)C)C1=O)C(C)(C)C(C)N2C(C)C. The number of Topliss-reactive ketones (excluding diaryl/α,β-unsaturated/α-hetero) is 2. The number of fused-ring (bicyclic) bond motifs is 4. The molecule has 2 fully saturated rings. The van der Waals surface area contributed by atoms with Crippen molar-refractivity contribution in [3.63, 3.8) is 0 Å². The molecule has 5 unspecified atom stereocenters. The van der Waals surface area contributed by atoms with Gasteiger partial charge in [0, 0.05) is 160 Å². The molecule has 6 N–H and O–H groups in total. The number of aryl methyl sites for hydroxylation is 1. The lowest BCUT2D eigenvalue weighted by atomic mass is 9.73. The van der Waals surface area contributed by atoms with E-state index in [-0.39, 0.29) is 175 Å². The van der Waals surface area contributed by atoms with E-state index in [4.69, 9.17) is 4.99 Å². The second kappa shape index (κ2) is 34.5. The molecule has 19 nitrogen and oxygen atoms in total. The Morgan fingerprint density at radius 3 is 1.29 bits per heavy atom. The number of phenols is 1. The number of phenolic OH excluding ortho intramolecular Hbond substituents is 1. The topological polar surface area (TPSA) is 254 Å². The van der Waals surface area contributed by atoms with Gasteiger partial charge in [0.15, 0.2) is 0 Å². The molecule has 2 saturated heterocycles. The van der Waals surface area contributed by atoms with Gasteiger partial charge < -0.3 is 50.9 Å². The highest BCUT2D eigenvalue weighted by Gasteiger charge is 2.53. The molecule has 4 aliphatic heterocycles. The monoisotopic (exact) mass is 1640 g/mol. The van der Waals surface area contributed by atoms with Crippen LogP contribution in [0.3, 0.4) is 0 Å². The number of hydrogen-bond acceptors (Lipinski definition) is 15. The molecule has 0 spiro atoms. The van der Waals surface area contributed by atoms with Gasteiger partial charge in [-0.1, -0.05) is 142 Å². The van der Waals surface area contributed by atoms with Crippen molar-refractivity contribution in [1.29, 1.82) is 0 Å². The molecule has 5 atom stereocenters. The molecule has 3 aromatic rings. The van der Waals surface area contributed by atoms with Crippen LogP contribution in [0.15, 0.2) is 127 Å². The number of aliphatic hydroxyl groups is 2. The van der Waals surface area contributed by atoms with E-state index in [1.807, 2.05) is 67.0 Å². The minimum atomic E-state index is -0.477. The van der Waals surface area contributed by atoms with Crippen LogP contribution in [-0.4, -0.2) is 145 Å². The molecule has 11 rings (SSSR count). The average molecular weight is 1650 g/mol. The maximum absolute atomic E-state index is 14.8. The molecular formula is C99H137N9O10S. The summed E-state index contributed by atoms with van der Waals surface area (Å²) < 4.78 is 0. The lowest BCUT2D eigenvalue weighted by molar-refractivity contribution is -0.125. The fraction of sp³-hybridized carbons (Fsp3) is 0.566. The van der Waals surface area contributed by atoms with Gasteiger partial charge >= 0.3 is 0 Å². The molecule has 4 heterocycles. The number of benzene rings is 3. The van der Waals surface area contributed by atoms with E-state index < -0.39 is 5.91 Å². The first kappa shape index (κ1) is 92.3. The first-order valence-corrected chi connectivity index (χ1v) is 44.9. The molecule has 5 amide bonds. The summed E-state index contributed by atoms with van der Waals surface area (Å²) in [5.41, 5.74) is 12.5. The van der Waals surface area contributed by atoms with Crippen molar-refractivity contribution in [2.24, 2.45) is 26.7 Å². The summed E-state index contributed by atoms with van der Waals surface area (Å²) in [5, 5.41) is 44.6. The van der Waals surface area contributed by atoms with Crippen molar-refractivity contribution in [3.05, 3.63) is 156 Å². The molecular weight excluding hydrogens is 1510 g/mol. The van der Waals surface area contributed by atoms with Gasteiger partial charge in [-0.2, -0.15) is 11.8 Å². The quantitative estimate of drug-likeness (QED) is 0.0483. The Morgan fingerprint density at radius 1 is 0.521 bits per heavy atom. The van der Waals surface area contributed by atoms with Crippen molar-refractivity contribution in [2.45, 2.75) is 329 Å². The molecule has 0 radical (unpaired) electrons. The van der Waals surface area contributed by atoms with Crippen LogP contribution in [0.4, 0.5) is 22.7 Å². The van der Waals surface area contributed by atoms with Gasteiger partial charge in [-0.25, -0.2) is 9.98 Å². The molecule has 119 heavy (non-hydrogen) atoms. The van der Waals surface area contributed by atoms with Crippen molar-refractivity contribution < 1.29 is 48.9 Å². The largest absolute Gasteiger partial charge is 0.507 e. The Bertz CT molecular complexity index is 4950. The number of anilines is 4. The van der Waals surface area contributed by atoms with Crippen LogP contribution in [0.2, 0.25) is 0 Å². The molecule has 0 aromatic heterocycles. The summed E-state index contributed by atoms with van der Waals surface area (Å²) in [6.07, 6.45) is 14.6. The maximum Gasteiger partial charge on any atom is 0.246 e. The zero-order valence-corrected chi connectivity index (χ0v) is 77.9. The Morgan fingerprint density at radius 2 is 0.924 bits per heavy atom. The number of carbonyl (C=O) groups excluding carboxylic acids is 7. The summed E-state index contributed by atoms with van der Waals surface area (Å²) in [4.78, 5) is 114. The van der Waals surface area contributed by atoms with Crippen LogP contribution < -0.4 is 25.8 Å². The third kappa shape index (κ3) is 17.4. The number of aliphatic hydroxyl groups excluding tert-OH is 2. The number of hydrogen-bond donors (Lipinski definition) is 6. The van der Waals surface area contributed by atoms with E-state index in [1.54, 1.807) is 11.8 Å². The van der Waals surface area contributed by atoms with E-state index in [1.165, 1.54) is 6.92 Å². The molecule has 3 aromatic carbocycles. The van der Waals surface area contributed by atoms with Gasteiger partial charge in [-0.3, -0.25) is 33.6 Å². The minimum Gasteiger partial charge on any atom is -0.507 e. The Hall–Kier alpha value is -9.04. The summed E-state index contributed by atoms with van der Waals surface area (Å²) in [6, 6.07) is 13.0. The van der Waals surface area contributed by atoms with E-state index in [2.05, 4.69) is 234 Å². The first-order valence-electron chi connectivity index (χ1n) is 43.5. The third-order valence-electron chi connectivity index (χ3n) is 27.1. The summed E-state index contributed by atoms with van der Waals surface area (Å²) in [7, 11) is 0. The third-order valence-corrected chi connectivity index (χ3v) is 27.7. The van der Waals surface area contributed by atoms with E-state index in [9.17, 15) is 48.9 Å². The van der Waals surface area contributed by atoms with E-state index >= 15 is 0 Å². The molecule has 0 saturated carbocycles. The predicted octanol–water partition coefficient (Wildman–Crippen LogP) is 20.0. The Balaban J connectivity index is 0.000000252. The zero-order chi connectivity index (χ0) is 88.6. The van der Waals surface area contributed by atoms with Crippen LogP contribution >= 0.6 is 11.8 Å².